The van der Waals surface area contributed by atoms with Gasteiger partial charge < -0.3 is 10.0 Å². The third-order valence-corrected chi connectivity index (χ3v) is 2.80. The highest BCUT2D eigenvalue weighted by molar-refractivity contribution is 5.47. The fourth-order valence-electron chi connectivity index (χ4n) is 1.94. The molecular weight excluding hydrogens is 174 g/mol. The molecule has 0 bridgehead atoms. The van der Waals surface area contributed by atoms with Crippen LogP contribution in [0.2, 0.25) is 0 Å². The SMILES string of the molecule is Cc1ccc(N2CCCC(O)C2)cc1. The van der Waals surface area contributed by atoms with Gasteiger partial charge in [0, 0.05) is 18.8 Å². The van der Waals surface area contributed by atoms with Crippen LogP contribution in [0.15, 0.2) is 24.3 Å². The van der Waals surface area contributed by atoms with Gasteiger partial charge in [0.15, 0.2) is 0 Å². The molecule has 2 heteroatoms. The van der Waals surface area contributed by atoms with E-state index in [2.05, 4.69) is 36.1 Å². The highest BCUT2D eigenvalue weighted by Gasteiger charge is 2.17. The van der Waals surface area contributed by atoms with Crippen molar-refractivity contribution in [1.82, 2.24) is 0 Å². The first-order valence-corrected chi connectivity index (χ1v) is 5.25. The van der Waals surface area contributed by atoms with Crippen molar-refractivity contribution in [3.05, 3.63) is 29.8 Å². The molecule has 1 aliphatic rings. The Balaban J connectivity index is 2.10. The number of aryl methyl sites for hydroxylation is 1. The van der Waals surface area contributed by atoms with E-state index in [1.807, 2.05) is 0 Å². The van der Waals surface area contributed by atoms with Gasteiger partial charge in [-0.15, -0.1) is 0 Å². The van der Waals surface area contributed by atoms with Crippen LogP contribution in [-0.4, -0.2) is 24.3 Å². The summed E-state index contributed by atoms with van der Waals surface area (Å²) in [6, 6.07) is 8.51. The number of benzene rings is 1. The van der Waals surface area contributed by atoms with Crippen LogP contribution in [0.25, 0.3) is 0 Å². The molecule has 1 unspecified atom stereocenters. The Bertz CT molecular complexity index is 294. The lowest BCUT2D eigenvalue weighted by molar-refractivity contribution is 0.154. The van der Waals surface area contributed by atoms with E-state index in [1.165, 1.54) is 11.3 Å². The number of aliphatic hydroxyl groups is 1. The van der Waals surface area contributed by atoms with E-state index in [0.29, 0.717) is 0 Å². The van der Waals surface area contributed by atoms with Gasteiger partial charge in [0.05, 0.1) is 6.10 Å². The molecule has 1 aromatic carbocycles. The molecule has 2 nitrogen and oxygen atoms in total. The van der Waals surface area contributed by atoms with Crippen molar-refractivity contribution >= 4 is 5.69 Å². The normalized spacial score (nSPS) is 22.4. The van der Waals surface area contributed by atoms with Gasteiger partial charge in [-0.3, -0.25) is 0 Å². The Kier molecular flexibility index (Phi) is 2.73. The molecule has 2 rings (SSSR count). The number of β-amino-alcohol motifs (C(OH)–C–C–N with tert-alkyl or cyclic N) is 1. The van der Waals surface area contributed by atoms with E-state index < -0.39 is 0 Å². The van der Waals surface area contributed by atoms with Crippen molar-refractivity contribution in [1.29, 1.82) is 0 Å². The minimum Gasteiger partial charge on any atom is -0.391 e. The Morgan fingerprint density at radius 1 is 1.29 bits per heavy atom. The van der Waals surface area contributed by atoms with Crippen molar-refractivity contribution in [2.75, 3.05) is 18.0 Å². The van der Waals surface area contributed by atoms with Crippen LogP contribution in [0.3, 0.4) is 0 Å². The topological polar surface area (TPSA) is 23.5 Å². The zero-order chi connectivity index (χ0) is 9.97. The average molecular weight is 191 g/mol. The Morgan fingerprint density at radius 3 is 2.64 bits per heavy atom. The number of rotatable bonds is 1. The summed E-state index contributed by atoms with van der Waals surface area (Å²) in [5.41, 5.74) is 2.51. The second-order valence-electron chi connectivity index (χ2n) is 4.08. The average Bonchev–Trinajstić information content (AvgIpc) is 2.19. The van der Waals surface area contributed by atoms with Crippen molar-refractivity contribution in [3.8, 4) is 0 Å². The molecule has 0 aromatic heterocycles. The van der Waals surface area contributed by atoms with Crippen LogP contribution in [0, 0.1) is 6.92 Å². The monoisotopic (exact) mass is 191 g/mol. The Hall–Kier alpha value is -1.02. The number of aliphatic hydroxyl groups excluding tert-OH is 1. The summed E-state index contributed by atoms with van der Waals surface area (Å²) < 4.78 is 0. The number of hydrogen-bond donors (Lipinski definition) is 1. The first-order chi connectivity index (χ1) is 6.75. The van der Waals surface area contributed by atoms with Gasteiger partial charge >= 0.3 is 0 Å². The molecule has 1 atom stereocenters. The number of hydrogen-bond acceptors (Lipinski definition) is 2. The number of piperidine rings is 1. The minimum atomic E-state index is -0.148. The number of nitrogens with zero attached hydrogens (tertiary/aromatic N) is 1. The summed E-state index contributed by atoms with van der Waals surface area (Å²) in [5, 5.41) is 9.55. The van der Waals surface area contributed by atoms with Gasteiger partial charge in [-0.25, -0.2) is 0 Å². The summed E-state index contributed by atoms with van der Waals surface area (Å²) in [6.45, 7) is 3.94. The summed E-state index contributed by atoms with van der Waals surface area (Å²) >= 11 is 0. The Labute approximate surface area is 85.2 Å². The van der Waals surface area contributed by atoms with E-state index in [-0.39, 0.29) is 6.10 Å². The van der Waals surface area contributed by atoms with Gasteiger partial charge in [0.2, 0.25) is 0 Å². The van der Waals surface area contributed by atoms with Gasteiger partial charge in [0.1, 0.15) is 0 Å². The fourth-order valence-corrected chi connectivity index (χ4v) is 1.94. The Morgan fingerprint density at radius 2 is 2.00 bits per heavy atom. The maximum absolute atomic E-state index is 9.55. The summed E-state index contributed by atoms with van der Waals surface area (Å²) in [5.74, 6) is 0. The van der Waals surface area contributed by atoms with Crippen LogP contribution in [-0.2, 0) is 0 Å². The summed E-state index contributed by atoms with van der Waals surface area (Å²) in [4.78, 5) is 2.26. The van der Waals surface area contributed by atoms with Gasteiger partial charge in [-0.1, -0.05) is 17.7 Å². The van der Waals surface area contributed by atoms with E-state index in [1.54, 1.807) is 0 Å². The molecule has 0 amide bonds. The molecule has 1 heterocycles. The summed E-state index contributed by atoms with van der Waals surface area (Å²) in [6.07, 6.45) is 1.89. The van der Waals surface area contributed by atoms with Gasteiger partial charge in [-0.05, 0) is 31.9 Å². The van der Waals surface area contributed by atoms with Crippen molar-refractivity contribution in [3.63, 3.8) is 0 Å². The molecule has 0 aliphatic carbocycles. The molecule has 0 spiro atoms. The van der Waals surface area contributed by atoms with E-state index in [4.69, 9.17) is 0 Å². The summed E-state index contributed by atoms with van der Waals surface area (Å²) in [7, 11) is 0. The standard InChI is InChI=1S/C12H17NO/c1-10-4-6-11(7-5-10)13-8-2-3-12(14)9-13/h4-7,12,14H,2-3,8-9H2,1H3. The molecule has 1 N–H and O–H groups in total. The minimum absolute atomic E-state index is 0.148. The fraction of sp³-hybridized carbons (Fsp3) is 0.500. The maximum atomic E-state index is 9.55. The molecule has 1 aliphatic heterocycles. The lowest BCUT2D eigenvalue weighted by Crippen LogP contribution is -2.38. The van der Waals surface area contributed by atoms with Crippen LogP contribution in [0.4, 0.5) is 5.69 Å². The molecule has 76 valence electrons. The smallest absolute Gasteiger partial charge is 0.0715 e. The first kappa shape index (κ1) is 9.53. The van der Waals surface area contributed by atoms with Crippen molar-refractivity contribution in [2.45, 2.75) is 25.9 Å². The molecule has 0 saturated carbocycles. The maximum Gasteiger partial charge on any atom is 0.0715 e. The van der Waals surface area contributed by atoms with Crippen molar-refractivity contribution in [2.24, 2.45) is 0 Å². The van der Waals surface area contributed by atoms with E-state index in [0.717, 1.165) is 25.9 Å². The quantitative estimate of drug-likeness (QED) is 0.733. The third kappa shape index (κ3) is 2.07. The van der Waals surface area contributed by atoms with E-state index >= 15 is 0 Å². The molecule has 1 aromatic rings. The van der Waals surface area contributed by atoms with Gasteiger partial charge in [-0.2, -0.15) is 0 Å². The van der Waals surface area contributed by atoms with Crippen LogP contribution < -0.4 is 4.90 Å². The van der Waals surface area contributed by atoms with E-state index in [9.17, 15) is 5.11 Å². The second kappa shape index (κ2) is 4.01. The molecule has 0 radical (unpaired) electrons. The predicted molar refractivity (Wildman–Crippen MR) is 58.6 cm³/mol. The molecule has 14 heavy (non-hydrogen) atoms. The zero-order valence-corrected chi connectivity index (χ0v) is 8.61. The molecular formula is C12H17NO. The third-order valence-electron chi connectivity index (χ3n) is 2.80. The lowest BCUT2D eigenvalue weighted by atomic mass is 10.1. The highest BCUT2D eigenvalue weighted by atomic mass is 16.3. The molecule has 1 saturated heterocycles. The zero-order valence-electron chi connectivity index (χ0n) is 8.61. The van der Waals surface area contributed by atoms with Gasteiger partial charge in [0.25, 0.3) is 0 Å². The van der Waals surface area contributed by atoms with Crippen LogP contribution >= 0.6 is 0 Å². The van der Waals surface area contributed by atoms with Crippen molar-refractivity contribution < 1.29 is 5.11 Å². The van der Waals surface area contributed by atoms with Crippen LogP contribution in [0.1, 0.15) is 18.4 Å². The highest BCUT2D eigenvalue weighted by Crippen LogP contribution is 2.20. The first-order valence-electron chi connectivity index (χ1n) is 5.25. The predicted octanol–water partition coefficient (Wildman–Crippen LogP) is 1.96. The molecule has 1 fully saturated rings. The largest absolute Gasteiger partial charge is 0.391 e. The second-order valence-corrected chi connectivity index (χ2v) is 4.08. The lowest BCUT2D eigenvalue weighted by Gasteiger charge is -2.32. The van der Waals surface area contributed by atoms with Crippen LogP contribution in [0.5, 0.6) is 0 Å². The number of anilines is 1.